The highest BCUT2D eigenvalue weighted by Gasteiger charge is 2.34. The van der Waals surface area contributed by atoms with E-state index in [0.717, 1.165) is 0 Å². The Kier molecular flexibility index (Phi) is 4.94. The van der Waals surface area contributed by atoms with Crippen LogP contribution >= 0.6 is 23.2 Å². The molecule has 1 amide bonds. The van der Waals surface area contributed by atoms with E-state index in [1.54, 1.807) is 13.8 Å². The quantitative estimate of drug-likeness (QED) is 0.474. The third kappa shape index (κ3) is 3.41. The number of oxime groups is 1. The number of hydrazine groups is 1. The average Bonchev–Trinajstić information content (AvgIpc) is 2.68. The molecule has 2 N–H and O–H groups in total. The number of carbonyl (C=O) groups excluding carboxylic acids is 1. The molecule has 0 aromatic carbocycles. The van der Waals surface area contributed by atoms with Crippen LogP contribution in [-0.2, 0) is 4.79 Å². The fourth-order valence-electron chi connectivity index (χ4n) is 1.69. The van der Waals surface area contributed by atoms with Crippen LogP contribution < -0.4 is 10.3 Å². The van der Waals surface area contributed by atoms with Crippen molar-refractivity contribution in [2.45, 2.75) is 19.9 Å². The van der Waals surface area contributed by atoms with Crippen LogP contribution in [0.4, 0.5) is 0 Å². The van der Waals surface area contributed by atoms with Crippen LogP contribution in [-0.4, -0.2) is 50.9 Å². The monoisotopic (exact) mass is 333 g/mol. The SMILES string of the molecule is Cc1c(Cl)nc(Cl)nc1ON=C1C(=O)N(CCO)NC1C. The van der Waals surface area contributed by atoms with E-state index >= 15 is 0 Å². The Balaban J connectivity index is 2.20. The van der Waals surface area contributed by atoms with Gasteiger partial charge >= 0.3 is 0 Å². The lowest BCUT2D eigenvalue weighted by atomic mass is 10.2. The van der Waals surface area contributed by atoms with Gasteiger partial charge in [0.2, 0.25) is 5.28 Å². The number of hydrogen-bond acceptors (Lipinski definition) is 7. The number of halogens is 2. The first-order chi connectivity index (χ1) is 9.93. The van der Waals surface area contributed by atoms with E-state index in [0.29, 0.717) is 5.56 Å². The Morgan fingerprint density at radius 3 is 2.86 bits per heavy atom. The van der Waals surface area contributed by atoms with Crippen LogP contribution in [0.5, 0.6) is 5.88 Å². The molecule has 1 aliphatic heterocycles. The van der Waals surface area contributed by atoms with Gasteiger partial charge in [-0.3, -0.25) is 9.80 Å². The van der Waals surface area contributed by atoms with Gasteiger partial charge in [-0.05, 0) is 25.4 Å². The van der Waals surface area contributed by atoms with Crippen LogP contribution in [0.2, 0.25) is 10.4 Å². The molecular weight excluding hydrogens is 321 g/mol. The largest absolute Gasteiger partial charge is 0.394 e. The average molecular weight is 334 g/mol. The molecule has 0 spiro atoms. The second-order valence-corrected chi connectivity index (χ2v) is 5.01. The van der Waals surface area contributed by atoms with E-state index in [2.05, 4.69) is 20.5 Å². The molecule has 0 saturated carbocycles. The van der Waals surface area contributed by atoms with Gasteiger partial charge < -0.3 is 9.94 Å². The minimum atomic E-state index is -0.375. The zero-order valence-corrected chi connectivity index (χ0v) is 12.8. The molecule has 0 radical (unpaired) electrons. The van der Waals surface area contributed by atoms with Crippen molar-refractivity contribution in [1.82, 2.24) is 20.4 Å². The number of nitrogens with one attached hydrogen (secondary N) is 1. The second-order valence-electron chi connectivity index (χ2n) is 4.31. The molecule has 1 unspecified atom stereocenters. The van der Waals surface area contributed by atoms with Gasteiger partial charge in [-0.1, -0.05) is 16.8 Å². The maximum absolute atomic E-state index is 12.0. The summed E-state index contributed by atoms with van der Waals surface area (Å²) in [7, 11) is 0. The highest BCUT2D eigenvalue weighted by atomic mass is 35.5. The lowest BCUT2D eigenvalue weighted by Crippen LogP contribution is -2.38. The van der Waals surface area contributed by atoms with Gasteiger partial charge in [-0.2, -0.15) is 4.98 Å². The molecule has 0 aliphatic carbocycles. The lowest BCUT2D eigenvalue weighted by Gasteiger charge is -2.13. The van der Waals surface area contributed by atoms with Crippen molar-refractivity contribution in [2.24, 2.45) is 5.16 Å². The highest BCUT2D eigenvalue weighted by Crippen LogP contribution is 2.24. The second kappa shape index (κ2) is 6.52. The summed E-state index contributed by atoms with van der Waals surface area (Å²) in [6.45, 7) is 3.39. The third-order valence-electron chi connectivity index (χ3n) is 2.79. The summed E-state index contributed by atoms with van der Waals surface area (Å²) >= 11 is 11.5. The normalized spacial score (nSPS) is 20.4. The Labute approximate surface area is 130 Å². The topological polar surface area (TPSA) is 99.9 Å². The standard InChI is InChI=1S/C11H13Cl2N5O3/c1-5-8(12)14-11(13)15-9(5)21-17-7-6(2)16-18(3-4-19)10(7)20/h6,16,19H,3-4H2,1-2H3. The highest BCUT2D eigenvalue weighted by molar-refractivity contribution is 6.42. The number of β-amino-alcohol motifs (C(OH)–C–C–N with tert-alkyl or cyclic N) is 1. The molecule has 1 atom stereocenters. The number of carbonyl (C=O) groups is 1. The summed E-state index contributed by atoms with van der Waals surface area (Å²) in [5.74, 6) is -0.298. The molecule has 21 heavy (non-hydrogen) atoms. The summed E-state index contributed by atoms with van der Waals surface area (Å²) in [4.78, 5) is 24.8. The molecule has 1 aromatic heterocycles. The minimum absolute atomic E-state index is 0.0770. The fourth-order valence-corrected chi connectivity index (χ4v) is 2.05. The number of amides is 1. The number of rotatable bonds is 4. The van der Waals surface area contributed by atoms with Crippen LogP contribution in [0, 0.1) is 6.92 Å². The number of aliphatic hydroxyl groups excluding tert-OH is 1. The zero-order chi connectivity index (χ0) is 15.6. The summed E-state index contributed by atoms with van der Waals surface area (Å²) in [6, 6.07) is -0.350. The van der Waals surface area contributed by atoms with E-state index in [1.807, 2.05) is 0 Å². The van der Waals surface area contributed by atoms with Crippen LogP contribution in [0.15, 0.2) is 5.16 Å². The number of nitrogens with zero attached hydrogens (tertiary/aromatic N) is 4. The summed E-state index contributed by atoms with van der Waals surface area (Å²) in [6.07, 6.45) is 0. The molecule has 1 saturated heterocycles. The van der Waals surface area contributed by atoms with Gasteiger partial charge in [0.1, 0.15) is 5.15 Å². The summed E-state index contributed by atoms with van der Waals surface area (Å²) in [5.41, 5.74) is 3.48. The molecular formula is C11H13Cl2N5O3. The molecule has 10 heteroatoms. The van der Waals surface area contributed by atoms with Gasteiger partial charge in [0.25, 0.3) is 11.8 Å². The van der Waals surface area contributed by atoms with Crippen molar-refractivity contribution in [3.8, 4) is 5.88 Å². The molecule has 8 nitrogen and oxygen atoms in total. The molecule has 1 aromatic rings. The van der Waals surface area contributed by atoms with E-state index in [-0.39, 0.29) is 47.1 Å². The molecule has 1 aliphatic rings. The number of aromatic nitrogens is 2. The molecule has 114 valence electrons. The van der Waals surface area contributed by atoms with Crippen molar-refractivity contribution in [1.29, 1.82) is 0 Å². The van der Waals surface area contributed by atoms with Gasteiger partial charge in [0.05, 0.1) is 24.8 Å². The van der Waals surface area contributed by atoms with Crippen molar-refractivity contribution in [2.75, 3.05) is 13.2 Å². The van der Waals surface area contributed by atoms with Crippen molar-refractivity contribution < 1.29 is 14.7 Å². The van der Waals surface area contributed by atoms with E-state index in [9.17, 15) is 4.79 Å². The number of hydrogen-bond donors (Lipinski definition) is 2. The predicted octanol–water partition coefficient (Wildman–Crippen LogP) is 0.554. The summed E-state index contributed by atoms with van der Waals surface area (Å²) in [5, 5.41) is 14.0. The van der Waals surface area contributed by atoms with Crippen molar-refractivity contribution in [3.05, 3.63) is 16.0 Å². The van der Waals surface area contributed by atoms with Gasteiger partial charge in [0.15, 0.2) is 5.71 Å². The van der Waals surface area contributed by atoms with Crippen molar-refractivity contribution in [3.63, 3.8) is 0 Å². The van der Waals surface area contributed by atoms with Gasteiger partial charge in [-0.25, -0.2) is 10.4 Å². The summed E-state index contributed by atoms with van der Waals surface area (Å²) < 4.78 is 0. The smallest absolute Gasteiger partial charge is 0.287 e. The fraction of sp³-hybridized carbons (Fsp3) is 0.455. The first-order valence-electron chi connectivity index (χ1n) is 6.07. The van der Waals surface area contributed by atoms with E-state index in [1.165, 1.54) is 5.01 Å². The Hall–Kier alpha value is -1.48. The maximum Gasteiger partial charge on any atom is 0.287 e. The molecule has 0 bridgehead atoms. The Bertz CT molecular complexity index is 595. The minimum Gasteiger partial charge on any atom is -0.394 e. The first kappa shape index (κ1) is 15.9. The van der Waals surface area contributed by atoms with Crippen LogP contribution in [0.25, 0.3) is 0 Å². The van der Waals surface area contributed by atoms with E-state index < -0.39 is 0 Å². The number of aliphatic hydroxyl groups is 1. The molecule has 2 rings (SSSR count). The van der Waals surface area contributed by atoms with Gasteiger partial charge in [0, 0.05) is 0 Å². The predicted molar refractivity (Wildman–Crippen MR) is 76.2 cm³/mol. The molecule has 1 fully saturated rings. The third-order valence-corrected chi connectivity index (χ3v) is 3.33. The maximum atomic E-state index is 12.0. The Morgan fingerprint density at radius 1 is 1.48 bits per heavy atom. The Morgan fingerprint density at radius 2 is 2.19 bits per heavy atom. The van der Waals surface area contributed by atoms with Crippen LogP contribution in [0.3, 0.4) is 0 Å². The first-order valence-corrected chi connectivity index (χ1v) is 6.83. The molecule has 2 heterocycles. The van der Waals surface area contributed by atoms with Crippen LogP contribution in [0.1, 0.15) is 12.5 Å². The van der Waals surface area contributed by atoms with Crippen molar-refractivity contribution >= 4 is 34.8 Å². The zero-order valence-electron chi connectivity index (χ0n) is 11.3. The van der Waals surface area contributed by atoms with E-state index in [4.69, 9.17) is 33.1 Å². The van der Waals surface area contributed by atoms with Gasteiger partial charge in [-0.15, -0.1) is 0 Å². The lowest BCUT2D eigenvalue weighted by molar-refractivity contribution is -0.125.